The molecule has 8 heteroatoms. The number of carbonyl (C=O) groups is 1. The predicted molar refractivity (Wildman–Crippen MR) is 128 cm³/mol. The molecular weight excluding hydrogens is 436 g/mol. The fourth-order valence-corrected chi connectivity index (χ4v) is 4.94. The number of hydrogen-bond acceptors (Lipinski definition) is 7. The molecule has 33 heavy (non-hydrogen) atoms. The molecular formula is C25H22N4O3S. The van der Waals surface area contributed by atoms with Gasteiger partial charge in [-0.1, -0.05) is 42.5 Å². The molecule has 7 nitrogen and oxygen atoms in total. The highest BCUT2D eigenvalue weighted by Gasteiger charge is 2.20. The van der Waals surface area contributed by atoms with Crippen LogP contribution in [-0.2, 0) is 11.3 Å². The second-order valence-corrected chi connectivity index (χ2v) is 8.88. The number of ether oxygens (including phenoxy) is 2. The highest BCUT2D eigenvalue weighted by atomic mass is 32.1. The molecule has 5 aromatic rings. The SMILES string of the molecule is COC(=O)c1sc2ncn3nc(-c4ccc(COc5c(C)cccc5C)cc4)nc3c2c1C. The van der Waals surface area contributed by atoms with Gasteiger partial charge in [-0.25, -0.2) is 19.3 Å². The van der Waals surface area contributed by atoms with Crippen molar-refractivity contribution in [3.63, 3.8) is 0 Å². The zero-order valence-electron chi connectivity index (χ0n) is 18.7. The van der Waals surface area contributed by atoms with Crippen LogP contribution in [-0.4, -0.2) is 32.7 Å². The molecule has 0 N–H and O–H groups in total. The van der Waals surface area contributed by atoms with Gasteiger partial charge in [-0.2, -0.15) is 0 Å². The summed E-state index contributed by atoms with van der Waals surface area (Å²) in [6.07, 6.45) is 1.62. The fraction of sp³-hybridized carbons (Fsp3) is 0.200. The monoisotopic (exact) mass is 458 g/mol. The van der Waals surface area contributed by atoms with E-state index in [1.54, 1.807) is 10.8 Å². The zero-order valence-corrected chi connectivity index (χ0v) is 19.6. The van der Waals surface area contributed by atoms with Crippen LogP contribution in [0.15, 0.2) is 48.8 Å². The van der Waals surface area contributed by atoms with Crippen LogP contribution in [0.5, 0.6) is 5.75 Å². The lowest BCUT2D eigenvalue weighted by Crippen LogP contribution is -1.99. The van der Waals surface area contributed by atoms with E-state index in [0.29, 0.717) is 23.0 Å². The average Bonchev–Trinajstić information content (AvgIpc) is 3.39. The van der Waals surface area contributed by atoms with Gasteiger partial charge in [0.15, 0.2) is 11.5 Å². The van der Waals surface area contributed by atoms with Crippen molar-refractivity contribution in [1.29, 1.82) is 0 Å². The number of aromatic nitrogens is 4. The molecule has 0 aliphatic rings. The van der Waals surface area contributed by atoms with E-state index in [4.69, 9.17) is 14.5 Å². The Balaban J connectivity index is 1.44. The van der Waals surface area contributed by atoms with E-state index < -0.39 is 0 Å². The Morgan fingerprint density at radius 2 is 1.79 bits per heavy atom. The number of methoxy groups -OCH3 is 1. The van der Waals surface area contributed by atoms with Crippen LogP contribution in [0.25, 0.3) is 27.3 Å². The third-order valence-electron chi connectivity index (χ3n) is 5.64. The van der Waals surface area contributed by atoms with E-state index in [2.05, 4.69) is 36.1 Å². The molecule has 3 aromatic heterocycles. The topological polar surface area (TPSA) is 78.6 Å². The van der Waals surface area contributed by atoms with Crippen LogP contribution < -0.4 is 4.74 Å². The minimum Gasteiger partial charge on any atom is -0.488 e. The van der Waals surface area contributed by atoms with Crippen LogP contribution in [0.4, 0.5) is 0 Å². The summed E-state index contributed by atoms with van der Waals surface area (Å²) in [5.41, 5.74) is 5.67. The maximum atomic E-state index is 12.1. The summed E-state index contributed by atoms with van der Waals surface area (Å²) in [5.74, 6) is 1.15. The van der Waals surface area contributed by atoms with E-state index in [0.717, 1.165) is 43.8 Å². The Kier molecular flexibility index (Phi) is 5.30. The van der Waals surface area contributed by atoms with E-state index >= 15 is 0 Å². The third kappa shape index (κ3) is 3.72. The van der Waals surface area contributed by atoms with Crippen LogP contribution in [0.3, 0.4) is 0 Å². The maximum Gasteiger partial charge on any atom is 0.348 e. The summed E-state index contributed by atoms with van der Waals surface area (Å²) in [5, 5.41) is 5.41. The Morgan fingerprint density at radius 1 is 1.06 bits per heavy atom. The van der Waals surface area contributed by atoms with Gasteiger partial charge in [-0.3, -0.25) is 0 Å². The molecule has 166 valence electrons. The second kappa shape index (κ2) is 8.29. The molecule has 0 amide bonds. The molecule has 0 unspecified atom stereocenters. The van der Waals surface area contributed by atoms with Crippen molar-refractivity contribution in [3.8, 4) is 17.1 Å². The largest absolute Gasteiger partial charge is 0.488 e. The normalized spacial score (nSPS) is 11.3. The quantitative estimate of drug-likeness (QED) is 0.333. The van der Waals surface area contributed by atoms with E-state index in [1.807, 2.05) is 37.3 Å². The van der Waals surface area contributed by atoms with Gasteiger partial charge in [0.25, 0.3) is 0 Å². The lowest BCUT2D eigenvalue weighted by atomic mass is 10.1. The van der Waals surface area contributed by atoms with E-state index in [9.17, 15) is 4.79 Å². The molecule has 0 fully saturated rings. The van der Waals surface area contributed by atoms with Gasteiger partial charge in [0.1, 0.15) is 28.4 Å². The minimum atomic E-state index is -0.368. The van der Waals surface area contributed by atoms with Crippen molar-refractivity contribution in [2.45, 2.75) is 27.4 Å². The van der Waals surface area contributed by atoms with Gasteiger partial charge < -0.3 is 9.47 Å². The molecule has 5 rings (SSSR count). The minimum absolute atomic E-state index is 0.368. The number of hydrogen-bond donors (Lipinski definition) is 0. The molecule has 0 radical (unpaired) electrons. The Morgan fingerprint density at radius 3 is 2.48 bits per heavy atom. The summed E-state index contributed by atoms with van der Waals surface area (Å²) in [6, 6.07) is 14.2. The first kappa shape index (κ1) is 21.1. The van der Waals surface area contributed by atoms with Gasteiger partial charge >= 0.3 is 5.97 Å². The number of rotatable bonds is 5. The van der Waals surface area contributed by atoms with Crippen LogP contribution in [0.2, 0.25) is 0 Å². The van der Waals surface area contributed by atoms with E-state index in [-0.39, 0.29) is 5.97 Å². The lowest BCUT2D eigenvalue weighted by Gasteiger charge is -2.12. The van der Waals surface area contributed by atoms with E-state index in [1.165, 1.54) is 18.4 Å². The van der Waals surface area contributed by atoms with Crippen LogP contribution in [0.1, 0.15) is 31.9 Å². The first-order valence-corrected chi connectivity index (χ1v) is 11.3. The van der Waals surface area contributed by atoms with Crippen molar-refractivity contribution < 1.29 is 14.3 Å². The van der Waals surface area contributed by atoms with Crippen LogP contribution in [0, 0.1) is 20.8 Å². The smallest absolute Gasteiger partial charge is 0.348 e. The number of carbonyl (C=O) groups excluding carboxylic acids is 1. The number of nitrogens with zero attached hydrogens (tertiary/aromatic N) is 4. The molecule has 0 atom stereocenters. The number of aryl methyl sites for hydroxylation is 3. The number of para-hydroxylation sites is 1. The van der Waals surface area contributed by atoms with Crippen molar-refractivity contribution in [3.05, 3.63) is 75.9 Å². The molecule has 0 bridgehead atoms. The summed E-state index contributed by atoms with van der Waals surface area (Å²) >= 11 is 1.30. The summed E-state index contributed by atoms with van der Waals surface area (Å²) < 4.78 is 12.6. The van der Waals surface area contributed by atoms with Gasteiger partial charge in [0, 0.05) is 5.56 Å². The number of benzene rings is 2. The van der Waals surface area contributed by atoms with Gasteiger partial charge in [-0.15, -0.1) is 16.4 Å². The molecule has 0 saturated carbocycles. The van der Waals surface area contributed by atoms with Gasteiger partial charge in [0.2, 0.25) is 0 Å². The van der Waals surface area contributed by atoms with Crippen molar-refractivity contribution >= 4 is 33.2 Å². The van der Waals surface area contributed by atoms with Gasteiger partial charge in [0.05, 0.1) is 12.5 Å². The number of esters is 1. The molecule has 0 spiro atoms. The molecule has 2 aromatic carbocycles. The first-order chi connectivity index (χ1) is 16.0. The van der Waals surface area contributed by atoms with Crippen LogP contribution >= 0.6 is 11.3 Å². The summed E-state index contributed by atoms with van der Waals surface area (Å²) in [4.78, 5) is 22.6. The van der Waals surface area contributed by atoms with Crippen molar-refractivity contribution in [2.75, 3.05) is 7.11 Å². The first-order valence-electron chi connectivity index (χ1n) is 10.5. The predicted octanol–water partition coefficient (Wildman–Crippen LogP) is 5.30. The molecule has 0 aliphatic carbocycles. The van der Waals surface area contributed by atoms with Crippen molar-refractivity contribution in [1.82, 2.24) is 19.6 Å². The number of thiophene rings is 1. The molecule has 0 aliphatic heterocycles. The molecule has 0 saturated heterocycles. The standard InChI is InChI=1S/C25H22N4O3S/c1-14-6-5-7-15(2)20(14)32-12-17-8-10-18(11-9-17)22-27-23-19-16(3)21(25(30)31-4)33-24(19)26-13-29(23)28-22/h5-11,13H,12H2,1-4H3. The lowest BCUT2D eigenvalue weighted by molar-refractivity contribution is 0.0605. The highest BCUT2D eigenvalue weighted by Crippen LogP contribution is 2.33. The number of fused-ring (bicyclic) bond motifs is 3. The van der Waals surface area contributed by atoms with Crippen molar-refractivity contribution in [2.24, 2.45) is 0 Å². The summed E-state index contributed by atoms with van der Waals surface area (Å²) in [7, 11) is 1.38. The van der Waals surface area contributed by atoms with Gasteiger partial charge in [-0.05, 0) is 43.0 Å². The summed E-state index contributed by atoms with van der Waals surface area (Å²) in [6.45, 7) is 6.47. The Hall–Kier alpha value is -3.78. The Labute approximate surface area is 194 Å². The second-order valence-electron chi connectivity index (χ2n) is 7.88. The zero-order chi connectivity index (χ0) is 23.1. The fourth-order valence-electron chi connectivity index (χ4n) is 3.88. The molecule has 3 heterocycles. The maximum absolute atomic E-state index is 12.1. The average molecular weight is 459 g/mol. The third-order valence-corrected chi connectivity index (χ3v) is 6.82. The highest BCUT2D eigenvalue weighted by molar-refractivity contribution is 7.20. The Bertz CT molecular complexity index is 1480.